The predicted octanol–water partition coefficient (Wildman–Crippen LogP) is 2.22. The molecule has 78 valence electrons. The van der Waals surface area contributed by atoms with Gasteiger partial charge in [-0.25, -0.2) is 13.2 Å². The van der Waals surface area contributed by atoms with E-state index in [1.165, 1.54) is 31.3 Å². The molecule has 1 aromatic carbocycles. The lowest BCUT2D eigenvalue weighted by Gasteiger charge is -2.14. The summed E-state index contributed by atoms with van der Waals surface area (Å²) < 4.78 is 37.2. The molecule has 1 unspecified atom stereocenters. The van der Waals surface area contributed by atoms with Crippen LogP contribution in [0, 0.1) is 5.82 Å². The smallest absolute Gasteiger partial charge is 0.254 e. The van der Waals surface area contributed by atoms with Gasteiger partial charge >= 0.3 is 0 Å². The third-order valence-electron chi connectivity index (χ3n) is 2.04. The van der Waals surface area contributed by atoms with Crippen LogP contribution in [0.1, 0.15) is 5.56 Å². The summed E-state index contributed by atoms with van der Waals surface area (Å²) in [5, 5.41) is 2.52. The Morgan fingerprint density at radius 2 is 1.79 bits per heavy atom. The van der Waals surface area contributed by atoms with Gasteiger partial charge in [0.1, 0.15) is 5.82 Å². The number of likely N-dealkylation sites (N-methyl/N-ethyl adjacent to an activating group) is 1. The zero-order valence-corrected chi connectivity index (χ0v) is 7.81. The van der Waals surface area contributed by atoms with Crippen molar-refractivity contribution < 1.29 is 13.2 Å². The first-order chi connectivity index (χ1) is 6.63. The third-order valence-corrected chi connectivity index (χ3v) is 2.04. The molecule has 0 amide bonds. The van der Waals surface area contributed by atoms with Crippen molar-refractivity contribution in [3.05, 3.63) is 35.6 Å². The molecule has 0 fully saturated rings. The van der Waals surface area contributed by atoms with E-state index in [4.69, 9.17) is 0 Å². The monoisotopic (exact) mass is 203 g/mol. The van der Waals surface area contributed by atoms with E-state index in [1.54, 1.807) is 0 Å². The molecule has 1 rings (SSSR count). The van der Waals surface area contributed by atoms with Gasteiger partial charge in [-0.15, -0.1) is 0 Å². The highest BCUT2D eigenvalue weighted by Crippen LogP contribution is 2.10. The van der Waals surface area contributed by atoms with Gasteiger partial charge in [-0.2, -0.15) is 0 Å². The molecule has 0 aliphatic carbocycles. The lowest BCUT2D eigenvalue weighted by atomic mass is 10.1. The summed E-state index contributed by atoms with van der Waals surface area (Å²) in [6.45, 7) is 0. The molecule has 0 aromatic heterocycles. The first kappa shape index (κ1) is 11.0. The standard InChI is InChI=1S/C10H12F3N/c1-14-9(10(12)13)6-7-2-4-8(11)5-3-7/h2-5,9-10,14H,6H2,1H3. The van der Waals surface area contributed by atoms with Crippen LogP contribution >= 0.6 is 0 Å². The van der Waals surface area contributed by atoms with E-state index in [9.17, 15) is 13.2 Å². The van der Waals surface area contributed by atoms with Gasteiger partial charge in [0, 0.05) is 0 Å². The number of hydrogen-bond donors (Lipinski definition) is 1. The molecule has 0 aliphatic rings. The largest absolute Gasteiger partial charge is 0.312 e. The maximum Gasteiger partial charge on any atom is 0.254 e. The first-order valence-corrected chi connectivity index (χ1v) is 4.33. The van der Waals surface area contributed by atoms with Crippen LogP contribution < -0.4 is 5.32 Å². The summed E-state index contributed by atoms with van der Waals surface area (Å²) in [4.78, 5) is 0. The quantitative estimate of drug-likeness (QED) is 0.791. The Hall–Kier alpha value is -1.03. The molecule has 0 saturated heterocycles. The van der Waals surface area contributed by atoms with Crippen molar-refractivity contribution >= 4 is 0 Å². The lowest BCUT2D eigenvalue weighted by Crippen LogP contribution is -2.34. The van der Waals surface area contributed by atoms with Crippen molar-refractivity contribution in [2.45, 2.75) is 18.9 Å². The van der Waals surface area contributed by atoms with Crippen molar-refractivity contribution in [3.63, 3.8) is 0 Å². The number of alkyl halides is 2. The highest BCUT2D eigenvalue weighted by atomic mass is 19.3. The Bertz CT molecular complexity index is 271. The topological polar surface area (TPSA) is 12.0 Å². The van der Waals surface area contributed by atoms with E-state index in [2.05, 4.69) is 5.32 Å². The highest BCUT2D eigenvalue weighted by Gasteiger charge is 2.18. The maximum absolute atomic E-state index is 12.5. The SMILES string of the molecule is CNC(Cc1ccc(F)cc1)C(F)F. The zero-order chi connectivity index (χ0) is 10.6. The molecule has 0 bridgehead atoms. The summed E-state index contributed by atoms with van der Waals surface area (Å²) in [5.74, 6) is -0.355. The van der Waals surface area contributed by atoms with Crippen molar-refractivity contribution in [3.8, 4) is 0 Å². The zero-order valence-electron chi connectivity index (χ0n) is 7.81. The average molecular weight is 203 g/mol. The number of nitrogens with one attached hydrogen (secondary N) is 1. The van der Waals surface area contributed by atoms with Crippen molar-refractivity contribution in [2.75, 3.05) is 7.05 Å². The fourth-order valence-corrected chi connectivity index (χ4v) is 1.19. The Balaban J connectivity index is 2.63. The van der Waals surface area contributed by atoms with Crippen molar-refractivity contribution in [1.29, 1.82) is 0 Å². The second-order valence-corrected chi connectivity index (χ2v) is 3.06. The molecular weight excluding hydrogens is 191 g/mol. The molecule has 1 aromatic rings. The molecule has 1 nitrogen and oxygen atoms in total. The number of rotatable bonds is 4. The van der Waals surface area contributed by atoms with Crippen molar-refractivity contribution in [2.24, 2.45) is 0 Å². The summed E-state index contributed by atoms with van der Waals surface area (Å²) in [6, 6.07) is 4.70. The summed E-state index contributed by atoms with van der Waals surface area (Å²) in [7, 11) is 1.49. The molecular formula is C10H12F3N. The lowest BCUT2D eigenvalue weighted by molar-refractivity contribution is 0.102. The van der Waals surface area contributed by atoms with E-state index in [1.807, 2.05) is 0 Å². The average Bonchev–Trinajstić information content (AvgIpc) is 2.16. The van der Waals surface area contributed by atoms with Gasteiger partial charge in [-0.05, 0) is 31.2 Å². The molecule has 0 spiro atoms. The van der Waals surface area contributed by atoms with Crippen LogP contribution in [0.4, 0.5) is 13.2 Å². The van der Waals surface area contributed by atoms with Crippen LogP contribution in [-0.2, 0) is 6.42 Å². The van der Waals surface area contributed by atoms with Gasteiger partial charge in [0.2, 0.25) is 0 Å². The van der Waals surface area contributed by atoms with Crippen LogP contribution in [0.2, 0.25) is 0 Å². The van der Waals surface area contributed by atoms with Gasteiger partial charge in [-0.3, -0.25) is 0 Å². The van der Waals surface area contributed by atoms with Gasteiger partial charge in [-0.1, -0.05) is 12.1 Å². The molecule has 4 heteroatoms. The molecule has 14 heavy (non-hydrogen) atoms. The second-order valence-electron chi connectivity index (χ2n) is 3.06. The van der Waals surface area contributed by atoms with Crippen LogP contribution in [0.15, 0.2) is 24.3 Å². The Morgan fingerprint density at radius 3 is 2.21 bits per heavy atom. The minimum Gasteiger partial charge on any atom is -0.312 e. The highest BCUT2D eigenvalue weighted by molar-refractivity contribution is 5.17. The van der Waals surface area contributed by atoms with Gasteiger partial charge in [0.05, 0.1) is 6.04 Å². The molecule has 0 heterocycles. The Morgan fingerprint density at radius 1 is 1.21 bits per heavy atom. The van der Waals surface area contributed by atoms with E-state index >= 15 is 0 Å². The van der Waals surface area contributed by atoms with Crippen LogP contribution in [0.5, 0.6) is 0 Å². The molecule has 1 N–H and O–H groups in total. The number of hydrogen-bond acceptors (Lipinski definition) is 1. The summed E-state index contributed by atoms with van der Waals surface area (Å²) in [6.07, 6.45) is -2.21. The summed E-state index contributed by atoms with van der Waals surface area (Å²) in [5.41, 5.74) is 0.700. The first-order valence-electron chi connectivity index (χ1n) is 4.33. The van der Waals surface area contributed by atoms with Gasteiger partial charge < -0.3 is 5.32 Å². The molecule has 0 radical (unpaired) electrons. The van der Waals surface area contributed by atoms with E-state index in [0.717, 1.165) is 0 Å². The van der Waals surface area contributed by atoms with Gasteiger partial charge in [0.15, 0.2) is 0 Å². The molecule has 1 atom stereocenters. The van der Waals surface area contributed by atoms with E-state index in [-0.39, 0.29) is 12.2 Å². The number of benzene rings is 1. The normalized spacial score (nSPS) is 13.2. The minimum atomic E-state index is -2.41. The van der Waals surface area contributed by atoms with Crippen LogP contribution in [0.25, 0.3) is 0 Å². The van der Waals surface area contributed by atoms with Crippen LogP contribution in [-0.4, -0.2) is 19.5 Å². The van der Waals surface area contributed by atoms with Gasteiger partial charge in [0.25, 0.3) is 6.43 Å². The third kappa shape index (κ3) is 3.03. The van der Waals surface area contributed by atoms with E-state index < -0.39 is 12.5 Å². The Labute approximate surface area is 80.9 Å². The second kappa shape index (κ2) is 5.00. The maximum atomic E-state index is 12.5. The Kier molecular flexibility index (Phi) is 3.95. The van der Waals surface area contributed by atoms with Crippen LogP contribution in [0.3, 0.4) is 0 Å². The number of halogens is 3. The minimum absolute atomic E-state index is 0.203. The molecule has 0 aliphatic heterocycles. The fraction of sp³-hybridized carbons (Fsp3) is 0.400. The summed E-state index contributed by atoms with van der Waals surface area (Å²) >= 11 is 0. The molecule has 0 saturated carbocycles. The van der Waals surface area contributed by atoms with Crippen molar-refractivity contribution in [1.82, 2.24) is 5.32 Å². The fourth-order valence-electron chi connectivity index (χ4n) is 1.19. The van der Waals surface area contributed by atoms with E-state index in [0.29, 0.717) is 5.56 Å². The predicted molar refractivity (Wildman–Crippen MR) is 49.0 cm³/mol.